The van der Waals surface area contributed by atoms with Crippen molar-refractivity contribution in [2.75, 3.05) is 24.3 Å². The molecule has 0 atom stereocenters. The summed E-state index contributed by atoms with van der Waals surface area (Å²) < 4.78 is 10.5. The Morgan fingerprint density at radius 1 is 1.26 bits per heavy atom. The van der Waals surface area contributed by atoms with Crippen LogP contribution in [0.15, 0.2) is 53.1 Å². The van der Waals surface area contributed by atoms with Crippen LogP contribution in [0.4, 0.5) is 5.69 Å². The highest BCUT2D eigenvalue weighted by Gasteiger charge is 2.24. The Kier molecular flexibility index (Phi) is 5.11. The standard InChI is InChI=1S/C20H19N3O3S/c1-25-16-7-4-6-15(11-16)20-21-18(26-22-20)12-27-13-19(24)23-10-9-14-5-2-3-8-17(14)23/h2-8,11H,9-10,12-13H2,1H3. The topological polar surface area (TPSA) is 68.5 Å². The van der Waals surface area contributed by atoms with Crippen molar-refractivity contribution < 1.29 is 14.1 Å². The molecule has 0 unspecified atom stereocenters. The lowest BCUT2D eigenvalue weighted by molar-refractivity contribution is -0.116. The molecule has 2 aromatic carbocycles. The van der Waals surface area contributed by atoms with Gasteiger partial charge in [0.2, 0.25) is 17.6 Å². The number of para-hydroxylation sites is 1. The fraction of sp³-hybridized carbons (Fsp3) is 0.250. The molecule has 3 aromatic rings. The molecule has 7 heteroatoms. The summed E-state index contributed by atoms with van der Waals surface area (Å²) in [6.45, 7) is 0.749. The highest BCUT2D eigenvalue weighted by Crippen LogP contribution is 2.28. The molecule has 0 fully saturated rings. The Balaban J connectivity index is 1.34. The number of anilines is 1. The number of ether oxygens (including phenoxy) is 1. The van der Waals surface area contributed by atoms with Crippen LogP contribution >= 0.6 is 11.8 Å². The van der Waals surface area contributed by atoms with Gasteiger partial charge in [0.25, 0.3) is 0 Å². The Morgan fingerprint density at radius 3 is 3.04 bits per heavy atom. The first-order valence-corrected chi connectivity index (χ1v) is 9.83. The molecule has 138 valence electrons. The lowest BCUT2D eigenvalue weighted by atomic mass is 10.2. The van der Waals surface area contributed by atoms with Crippen LogP contribution in [0.3, 0.4) is 0 Å². The molecule has 2 heterocycles. The largest absolute Gasteiger partial charge is 0.497 e. The molecule has 1 aliphatic heterocycles. The van der Waals surface area contributed by atoms with Crippen LogP contribution in [0, 0.1) is 0 Å². The number of rotatable bonds is 6. The average Bonchev–Trinajstić information content (AvgIpc) is 3.35. The van der Waals surface area contributed by atoms with Crippen molar-refractivity contribution in [3.8, 4) is 17.1 Å². The maximum atomic E-state index is 12.5. The highest BCUT2D eigenvalue weighted by atomic mass is 32.2. The van der Waals surface area contributed by atoms with E-state index in [0.717, 1.165) is 30.0 Å². The minimum atomic E-state index is 0.109. The molecule has 0 N–H and O–H groups in total. The monoisotopic (exact) mass is 381 g/mol. The maximum absolute atomic E-state index is 12.5. The summed E-state index contributed by atoms with van der Waals surface area (Å²) in [5, 5.41) is 4.02. The number of hydrogen-bond donors (Lipinski definition) is 0. The molecule has 6 nitrogen and oxygen atoms in total. The third-order valence-electron chi connectivity index (χ3n) is 4.44. The molecular formula is C20H19N3O3S. The van der Waals surface area contributed by atoms with Gasteiger partial charge in [-0.05, 0) is 30.2 Å². The number of benzene rings is 2. The first-order chi connectivity index (χ1) is 13.2. The first kappa shape index (κ1) is 17.6. The van der Waals surface area contributed by atoms with Crippen molar-refractivity contribution in [3.05, 3.63) is 60.0 Å². The molecule has 27 heavy (non-hydrogen) atoms. The summed E-state index contributed by atoms with van der Waals surface area (Å²) in [6.07, 6.45) is 0.917. The number of carbonyl (C=O) groups is 1. The van der Waals surface area contributed by atoms with Crippen molar-refractivity contribution in [3.63, 3.8) is 0 Å². The zero-order chi connectivity index (χ0) is 18.6. The van der Waals surface area contributed by atoms with Gasteiger partial charge in [-0.15, -0.1) is 11.8 Å². The number of hydrogen-bond acceptors (Lipinski definition) is 6. The van der Waals surface area contributed by atoms with Crippen molar-refractivity contribution in [2.45, 2.75) is 12.2 Å². The summed E-state index contributed by atoms with van der Waals surface area (Å²) in [6, 6.07) is 15.6. The lowest BCUT2D eigenvalue weighted by Gasteiger charge is -2.16. The molecule has 1 aliphatic rings. The number of amides is 1. The number of fused-ring (bicyclic) bond motifs is 1. The molecule has 0 bridgehead atoms. The maximum Gasteiger partial charge on any atom is 0.237 e. The zero-order valence-corrected chi connectivity index (χ0v) is 15.7. The third-order valence-corrected chi connectivity index (χ3v) is 5.34. The van der Waals surface area contributed by atoms with E-state index >= 15 is 0 Å². The van der Waals surface area contributed by atoms with E-state index in [9.17, 15) is 4.79 Å². The van der Waals surface area contributed by atoms with E-state index < -0.39 is 0 Å². The van der Waals surface area contributed by atoms with Gasteiger partial charge in [-0.3, -0.25) is 4.79 Å². The highest BCUT2D eigenvalue weighted by molar-refractivity contribution is 7.99. The first-order valence-electron chi connectivity index (χ1n) is 8.67. The number of aromatic nitrogens is 2. The molecular weight excluding hydrogens is 362 g/mol. The average molecular weight is 381 g/mol. The predicted octanol–water partition coefficient (Wildman–Crippen LogP) is 3.57. The minimum absolute atomic E-state index is 0.109. The SMILES string of the molecule is COc1cccc(-c2noc(CSCC(=O)N3CCc4ccccc43)n2)c1. The molecule has 0 saturated heterocycles. The van der Waals surface area contributed by atoms with Crippen molar-refractivity contribution in [1.29, 1.82) is 0 Å². The number of nitrogens with zero attached hydrogens (tertiary/aromatic N) is 3. The van der Waals surface area contributed by atoms with E-state index in [2.05, 4.69) is 16.2 Å². The van der Waals surface area contributed by atoms with Crippen molar-refractivity contribution in [1.82, 2.24) is 10.1 Å². The van der Waals surface area contributed by atoms with Gasteiger partial charge in [0.15, 0.2) is 0 Å². The summed E-state index contributed by atoms with van der Waals surface area (Å²) in [4.78, 5) is 18.8. The smallest absolute Gasteiger partial charge is 0.237 e. The molecule has 1 aromatic heterocycles. The summed E-state index contributed by atoms with van der Waals surface area (Å²) in [5.41, 5.74) is 3.09. The van der Waals surface area contributed by atoms with Gasteiger partial charge >= 0.3 is 0 Å². The van der Waals surface area contributed by atoms with E-state index in [1.807, 2.05) is 47.4 Å². The van der Waals surface area contributed by atoms with Crippen LogP contribution in [0.2, 0.25) is 0 Å². The predicted molar refractivity (Wildman–Crippen MR) is 105 cm³/mol. The quantitative estimate of drug-likeness (QED) is 0.650. The van der Waals surface area contributed by atoms with E-state index in [0.29, 0.717) is 23.2 Å². The summed E-state index contributed by atoms with van der Waals surface area (Å²) in [5.74, 6) is 2.75. The van der Waals surface area contributed by atoms with Gasteiger partial charge in [-0.2, -0.15) is 4.98 Å². The van der Waals surface area contributed by atoms with Crippen LogP contribution in [-0.2, 0) is 17.0 Å². The fourth-order valence-corrected chi connectivity index (χ4v) is 3.82. The molecule has 0 radical (unpaired) electrons. The summed E-state index contributed by atoms with van der Waals surface area (Å²) >= 11 is 1.48. The number of methoxy groups -OCH3 is 1. The number of carbonyl (C=O) groups excluding carboxylic acids is 1. The van der Waals surface area contributed by atoms with E-state index in [1.165, 1.54) is 17.3 Å². The minimum Gasteiger partial charge on any atom is -0.497 e. The Hall–Kier alpha value is -2.80. The van der Waals surface area contributed by atoms with Crippen LogP contribution in [-0.4, -0.2) is 35.5 Å². The van der Waals surface area contributed by atoms with Gasteiger partial charge < -0.3 is 14.2 Å². The molecule has 1 amide bonds. The Morgan fingerprint density at radius 2 is 2.15 bits per heavy atom. The van der Waals surface area contributed by atoms with E-state index in [-0.39, 0.29) is 5.91 Å². The second kappa shape index (κ2) is 7.84. The fourth-order valence-electron chi connectivity index (χ4n) is 3.09. The molecule has 0 spiro atoms. The Labute approximate surface area is 161 Å². The van der Waals surface area contributed by atoms with Crippen molar-refractivity contribution in [2.24, 2.45) is 0 Å². The number of thioether (sulfide) groups is 1. The van der Waals surface area contributed by atoms with Gasteiger partial charge in [0, 0.05) is 17.8 Å². The van der Waals surface area contributed by atoms with Crippen LogP contribution in [0.25, 0.3) is 11.4 Å². The lowest BCUT2D eigenvalue weighted by Crippen LogP contribution is -2.30. The molecule has 0 aliphatic carbocycles. The van der Waals surface area contributed by atoms with E-state index in [1.54, 1.807) is 7.11 Å². The van der Waals surface area contributed by atoms with Crippen LogP contribution < -0.4 is 9.64 Å². The van der Waals surface area contributed by atoms with Crippen molar-refractivity contribution >= 4 is 23.4 Å². The second-order valence-corrected chi connectivity index (χ2v) is 7.15. The van der Waals surface area contributed by atoms with E-state index in [4.69, 9.17) is 9.26 Å². The second-order valence-electron chi connectivity index (χ2n) is 6.16. The Bertz CT molecular complexity index is 957. The molecule has 0 saturated carbocycles. The molecule has 4 rings (SSSR count). The van der Waals surface area contributed by atoms with Crippen LogP contribution in [0.5, 0.6) is 5.75 Å². The van der Waals surface area contributed by atoms with Crippen LogP contribution in [0.1, 0.15) is 11.5 Å². The van der Waals surface area contributed by atoms with Gasteiger partial charge in [0.1, 0.15) is 5.75 Å². The third kappa shape index (κ3) is 3.83. The van der Waals surface area contributed by atoms with Gasteiger partial charge in [-0.25, -0.2) is 0 Å². The van der Waals surface area contributed by atoms with Gasteiger partial charge in [0.05, 0.1) is 18.6 Å². The van der Waals surface area contributed by atoms with Gasteiger partial charge in [-0.1, -0.05) is 35.5 Å². The normalized spacial score (nSPS) is 12.9. The zero-order valence-electron chi connectivity index (χ0n) is 14.9. The summed E-state index contributed by atoms with van der Waals surface area (Å²) in [7, 11) is 1.62.